The molecule has 0 fully saturated rings. The first-order valence-corrected chi connectivity index (χ1v) is 6.47. The van der Waals surface area contributed by atoms with E-state index in [1.54, 1.807) is 0 Å². The normalized spacial score (nSPS) is 10.2. The van der Waals surface area contributed by atoms with Gasteiger partial charge in [0.05, 0.1) is 21.2 Å². The third-order valence-electron chi connectivity index (χ3n) is 2.50. The Labute approximate surface area is 133 Å². The van der Waals surface area contributed by atoms with Crippen LogP contribution in [0.3, 0.4) is 0 Å². The SMILES string of the molecule is O=C(OOC(=O)c1ccc(F)cc1Cl)c1ccc(F)cc1Cl. The van der Waals surface area contributed by atoms with Gasteiger partial charge in [-0.1, -0.05) is 23.2 Å². The molecule has 2 aromatic rings. The second-order valence-corrected chi connectivity index (χ2v) is 4.80. The molecular formula is C14H6Cl2F2O4. The molecular weight excluding hydrogens is 341 g/mol. The van der Waals surface area contributed by atoms with E-state index < -0.39 is 23.6 Å². The first-order chi connectivity index (χ1) is 10.4. The fourth-order valence-corrected chi connectivity index (χ4v) is 1.96. The molecule has 0 unspecified atom stereocenters. The summed E-state index contributed by atoms with van der Waals surface area (Å²) in [6.45, 7) is 0. The quantitative estimate of drug-likeness (QED) is 0.604. The standard InChI is InChI=1S/C14H6Cl2F2O4/c15-11-5-7(17)1-3-9(11)13(19)21-22-14(20)10-4-2-8(18)6-12(10)16/h1-6H. The van der Waals surface area contributed by atoms with Crippen LogP contribution in [-0.4, -0.2) is 11.9 Å². The van der Waals surface area contributed by atoms with E-state index in [2.05, 4.69) is 9.78 Å². The summed E-state index contributed by atoms with van der Waals surface area (Å²) in [6.07, 6.45) is 0. The molecule has 2 rings (SSSR count). The van der Waals surface area contributed by atoms with Crippen LogP contribution in [0.1, 0.15) is 20.7 Å². The molecule has 0 saturated carbocycles. The number of benzene rings is 2. The van der Waals surface area contributed by atoms with Crippen molar-refractivity contribution in [2.75, 3.05) is 0 Å². The summed E-state index contributed by atoms with van der Waals surface area (Å²) < 4.78 is 25.7. The second-order valence-electron chi connectivity index (χ2n) is 3.99. The summed E-state index contributed by atoms with van der Waals surface area (Å²) >= 11 is 11.3. The molecule has 0 amide bonds. The molecule has 0 radical (unpaired) electrons. The molecule has 0 saturated heterocycles. The van der Waals surface area contributed by atoms with Crippen LogP contribution in [0.4, 0.5) is 8.78 Å². The Morgan fingerprint density at radius 2 is 1.14 bits per heavy atom. The Bertz CT molecular complexity index is 686. The van der Waals surface area contributed by atoms with Crippen molar-refractivity contribution in [3.05, 3.63) is 69.2 Å². The van der Waals surface area contributed by atoms with Crippen LogP contribution in [-0.2, 0) is 9.78 Å². The van der Waals surface area contributed by atoms with Gasteiger partial charge in [-0.15, -0.1) is 0 Å². The van der Waals surface area contributed by atoms with Gasteiger partial charge < -0.3 is 0 Å². The Hall–Kier alpha value is -2.18. The summed E-state index contributed by atoms with van der Waals surface area (Å²) in [5.41, 5.74) is -0.387. The van der Waals surface area contributed by atoms with Crippen molar-refractivity contribution in [2.24, 2.45) is 0 Å². The van der Waals surface area contributed by atoms with Crippen LogP contribution in [0.15, 0.2) is 36.4 Å². The molecule has 2 aromatic carbocycles. The van der Waals surface area contributed by atoms with Crippen molar-refractivity contribution in [1.29, 1.82) is 0 Å². The van der Waals surface area contributed by atoms with Gasteiger partial charge in [-0.3, -0.25) is 0 Å². The molecule has 0 aliphatic carbocycles. The van der Waals surface area contributed by atoms with Gasteiger partial charge >= 0.3 is 11.9 Å². The summed E-state index contributed by atoms with van der Waals surface area (Å²) in [6, 6.07) is 5.91. The van der Waals surface area contributed by atoms with Gasteiger partial charge in [-0.25, -0.2) is 28.1 Å². The smallest absolute Gasteiger partial charge is 0.241 e. The van der Waals surface area contributed by atoms with E-state index in [0.29, 0.717) is 0 Å². The van der Waals surface area contributed by atoms with E-state index in [-0.39, 0.29) is 21.2 Å². The monoisotopic (exact) mass is 346 g/mol. The zero-order chi connectivity index (χ0) is 16.3. The second kappa shape index (κ2) is 6.72. The lowest BCUT2D eigenvalue weighted by molar-refractivity contribution is -0.187. The van der Waals surface area contributed by atoms with Gasteiger partial charge in [0, 0.05) is 0 Å². The molecule has 0 atom stereocenters. The fourth-order valence-electron chi connectivity index (χ4n) is 1.48. The Morgan fingerprint density at radius 3 is 1.45 bits per heavy atom. The van der Waals surface area contributed by atoms with Gasteiger partial charge in [-0.05, 0) is 36.4 Å². The molecule has 4 nitrogen and oxygen atoms in total. The highest BCUT2D eigenvalue weighted by Crippen LogP contribution is 2.20. The van der Waals surface area contributed by atoms with E-state index in [1.165, 1.54) is 0 Å². The maximum absolute atomic E-state index is 12.9. The molecule has 114 valence electrons. The summed E-state index contributed by atoms with van der Waals surface area (Å²) in [5.74, 6) is -3.48. The predicted molar refractivity (Wildman–Crippen MR) is 73.7 cm³/mol. The Balaban J connectivity index is 2.06. The van der Waals surface area contributed by atoms with E-state index in [1.807, 2.05) is 0 Å². The zero-order valence-electron chi connectivity index (χ0n) is 10.6. The minimum Gasteiger partial charge on any atom is -0.241 e. The first-order valence-electron chi connectivity index (χ1n) is 5.72. The lowest BCUT2D eigenvalue weighted by Crippen LogP contribution is -2.12. The fraction of sp³-hybridized carbons (Fsp3) is 0. The molecule has 0 spiro atoms. The average Bonchev–Trinajstić information content (AvgIpc) is 2.44. The minimum atomic E-state index is -1.10. The van der Waals surface area contributed by atoms with Gasteiger partial charge in [0.25, 0.3) is 0 Å². The van der Waals surface area contributed by atoms with E-state index >= 15 is 0 Å². The minimum absolute atomic E-state index is 0.193. The highest BCUT2D eigenvalue weighted by molar-refractivity contribution is 6.34. The third kappa shape index (κ3) is 3.72. The van der Waals surface area contributed by atoms with Gasteiger partial charge in [0.2, 0.25) is 0 Å². The van der Waals surface area contributed by atoms with Crippen LogP contribution < -0.4 is 0 Å². The highest BCUT2D eigenvalue weighted by atomic mass is 35.5. The lowest BCUT2D eigenvalue weighted by Gasteiger charge is -2.05. The zero-order valence-corrected chi connectivity index (χ0v) is 12.1. The van der Waals surface area contributed by atoms with Crippen molar-refractivity contribution in [3.63, 3.8) is 0 Å². The highest BCUT2D eigenvalue weighted by Gasteiger charge is 2.19. The van der Waals surface area contributed by atoms with Crippen LogP contribution in [0, 0.1) is 11.6 Å². The maximum atomic E-state index is 12.9. The number of halogens is 4. The van der Waals surface area contributed by atoms with Crippen molar-refractivity contribution in [1.82, 2.24) is 0 Å². The molecule has 0 aliphatic heterocycles. The predicted octanol–water partition coefficient (Wildman–Crippen LogP) is 4.20. The lowest BCUT2D eigenvalue weighted by atomic mass is 10.2. The first kappa shape index (κ1) is 16.2. The summed E-state index contributed by atoms with van der Waals surface area (Å²) in [4.78, 5) is 31.9. The molecule has 0 N–H and O–H groups in total. The number of carbonyl (C=O) groups is 2. The summed E-state index contributed by atoms with van der Waals surface area (Å²) in [7, 11) is 0. The molecule has 0 bridgehead atoms. The largest absolute Gasteiger partial charge is 0.387 e. The molecule has 8 heteroatoms. The third-order valence-corrected chi connectivity index (χ3v) is 3.12. The molecule has 0 aliphatic rings. The number of rotatable bonds is 2. The van der Waals surface area contributed by atoms with E-state index in [9.17, 15) is 18.4 Å². The van der Waals surface area contributed by atoms with Crippen LogP contribution in [0.5, 0.6) is 0 Å². The Kier molecular flexibility index (Phi) is 4.95. The summed E-state index contributed by atoms with van der Waals surface area (Å²) in [5, 5.41) is -0.415. The van der Waals surface area contributed by atoms with Crippen LogP contribution in [0.25, 0.3) is 0 Å². The van der Waals surface area contributed by atoms with Crippen molar-refractivity contribution >= 4 is 35.1 Å². The average molecular weight is 347 g/mol. The van der Waals surface area contributed by atoms with Crippen molar-refractivity contribution in [3.8, 4) is 0 Å². The van der Waals surface area contributed by atoms with Gasteiger partial charge in [0.15, 0.2) is 0 Å². The maximum Gasteiger partial charge on any atom is 0.387 e. The van der Waals surface area contributed by atoms with Gasteiger partial charge in [0.1, 0.15) is 11.6 Å². The van der Waals surface area contributed by atoms with Crippen molar-refractivity contribution in [2.45, 2.75) is 0 Å². The number of hydrogen-bond donors (Lipinski definition) is 0. The van der Waals surface area contributed by atoms with Crippen molar-refractivity contribution < 1.29 is 28.1 Å². The molecule has 0 aromatic heterocycles. The van der Waals surface area contributed by atoms with Crippen LogP contribution in [0.2, 0.25) is 10.0 Å². The molecule has 0 heterocycles. The van der Waals surface area contributed by atoms with Gasteiger partial charge in [-0.2, -0.15) is 0 Å². The van der Waals surface area contributed by atoms with E-state index in [4.69, 9.17) is 23.2 Å². The van der Waals surface area contributed by atoms with Crippen LogP contribution >= 0.6 is 23.2 Å². The van der Waals surface area contributed by atoms with E-state index in [0.717, 1.165) is 36.4 Å². The number of hydrogen-bond acceptors (Lipinski definition) is 4. The number of carbonyl (C=O) groups excluding carboxylic acids is 2. The topological polar surface area (TPSA) is 52.6 Å². The molecule has 22 heavy (non-hydrogen) atoms. The Morgan fingerprint density at radius 1 is 0.773 bits per heavy atom.